The van der Waals surface area contributed by atoms with Crippen LogP contribution < -0.4 is 5.32 Å². The highest BCUT2D eigenvalue weighted by Gasteiger charge is 2.47. The van der Waals surface area contributed by atoms with Crippen molar-refractivity contribution in [2.45, 2.75) is 333 Å². The third-order valence-electron chi connectivity index (χ3n) is 15.5. The van der Waals surface area contributed by atoms with Crippen molar-refractivity contribution < 1.29 is 49.3 Å². The van der Waals surface area contributed by atoms with Crippen LogP contribution in [0.2, 0.25) is 0 Å². The SMILES string of the molecule is CC/C=C\C/C=C\C/C=C\C/C=C\C/C=C\CCC(O)C(=O)NC(COC1OC(CO)C(O)C(O)C1OC(=O)CCCCCCCCCCCCCCCCCCC/C=C\C/C=C\CCCCC)C(O)/C=C/CCCCCCCCCCC. The molecule has 0 aromatic rings. The molecule has 1 saturated heterocycles. The van der Waals surface area contributed by atoms with Crippen LogP contribution in [0.25, 0.3) is 0 Å². The summed E-state index contributed by atoms with van der Waals surface area (Å²) in [7, 11) is 0. The van der Waals surface area contributed by atoms with E-state index in [1.165, 1.54) is 154 Å². The maximum atomic E-state index is 13.4. The molecule has 1 aliphatic heterocycles. The van der Waals surface area contributed by atoms with E-state index in [-0.39, 0.29) is 19.4 Å². The minimum Gasteiger partial charge on any atom is -0.454 e. The summed E-state index contributed by atoms with van der Waals surface area (Å²) in [6, 6.07) is -1.06. The van der Waals surface area contributed by atoms with Crippen LogP contribution in [0.1, 0.15) is 284 Å². The Hall–Kier alpha value is -3.42. The molecule has 1 fully saturated rings. The van der Waals surface area contributed by atoms with E-state index in [2.05, 4.69) is 99.0 Å². The van der Waals surface area contributed by atoms with Crippen molar-refractivity contribution in [2.24, 2.45) is 0 Å². The van der Waals surface area contributed by atoms with Gasteiger partial charge in [0.15, 0.2) is 12.4 Å². The van der Waals surface area contributed by atoms with E-state index in [9.17, 15) is 35.1 Å². The van der Waals surface area contributed by atoms with E-state index < -0.39 is 67.4 Å². The molecule has 1 aliphatic rings. The topological polar surface area (TPSA) is 175 Å². The molecule has 0 spiro atoms. The molecular weight excluding hydrogens is 1040 g/mol. The molecule has 0 aromatic carbocycles. The average molecular weight is 1160 g/mol. The van der Waals surface area contributed by atoms with Crippen molar-refractivity contribution >= 4 is 11.9 Å². The van der Waals surface area contributed by atoms with Crippen LogP contribution in [-0.2, 0) is 23.8 Å². The lowest BCUT2D eigenvalue weighted by Crippen LogP contribution is -2.61. The van der Waals surface area contributed by atoms with Gasteiger partial charge in [-0.05, 0) is 96.3 Å². The maximum Gasteiger partial charge on any atom is 0.306 e. The number of ether oxygens (including phenoxy) is 3. The van der Waals surface area contributed by atoms with Crippen molar-refractivity contribution in [3.63, 3.8) is 0 Å². The molecule has 1 amide bonds. The van der Waals surface area contributed by atoms with Gasteiger partial charge in [0.1, 0.15) is 24.4 Å². The minimum absolute atomic E-state index is 0.114. The number of carbonyl (C=O) groups excluding carboxylic acids is 2. The van der Waals surface area contributed by atoms with Gasteiger partial charge in [-0.2, -0.15) is 0 Å². The highest BCUT2D eigenvalue weighted by Crippen LogP contribution is 2.26. The Morgan fingerprint density at radius 2 is 0.867 bits per heavy atom. The van der Waals surface area contributed by atoms with Crippen molar-refractivity contribution in [3.8, 4) is 0 Å². The molecule has 1 heterocycles. The Bertz CT molecular complexity index is 1720. The zero-order valence-electron chi connectivity index (χ0n) is 53.0. The van der Waals surface area contributed by atoms with E-state index in [0.29, 0.717) is 12.8 Å². The third-order valence-corrected chi connectivity index (χ3v) is 15.5. The molecule has 11 heteroatoms. The number of hydrogen-bond acceptors (Lipinski definition) is 10. The third kappa shape index (κ3) is 46.5. The van der Waals surface area contributed by atoms with Gasteiger partial charge in [-0.15, -0.1) is 0 Å². The molecule has 0 saturated carbocycles. The van der Waals surface area contributed by atoms with Gasteiger partial charge in [0.2, 0.25) is 5.91 Å². The number of amides is 1. The molecule has 0 aliphatic carbocycles. The molecule has 8 unspecified atom stereocenters. The normalized spacial score (nSPS) is 19.2. The van der Waals surface area contributed by atoms with Gasteiger partial charge >= 0.3 is 5.97 Å². The van der Waals surface area contributed by atoms with E-state index >= 15 is 0 Å². The van der Waals surface area contributed by atoms with Crippen molar-refractivity contribution in [1.29, 1.82) is 0 Å². The summed E-state index contributed by atoms with van der Waals surface area (Å²) in [6.45, 7) is 5.62. The number of aliphatic hydroxyl groups excluding tert-OH is 5. The van der Waals surface area contributed by atoms with Gasteiger partial charge in [0.05, 0.1) is 25.4 Å². The van der Waals surface area contributed by atoms with Crippen LogP contribution in [0, 0.1) is 0 Å². The smallest absolute Gasteiger partial charge is 0.306 e. The lowest BCUT2D eigenvalue weighted by atomic mass is 9.99. The number of allylic oxidation sites excluding steroid dienone is 15. The number of carbonyl (C=O) groups is 2. The maximum absolute atomic E-state index is 13.4. The standard InChI is InChI=1S/C72H125NO10/c1-4-7-10-13-16-19-22-24-26-28-29-30-31-32-33-34-35-36-37-38-40-42-45-48-51-54-57-60-67(77)83-70-69(79)68(78)66(61-74)82-72(70)81-62-63(64(75)58-55-52-49-46-43-21-18-15-12-9-6-3)73-71(80)65(76)59-56-53-50-47-44-41-39-27-25-23-20-17-14-11-8-5-2/h8,11,16-17,19-20,24-27,41,44,50,53,55,58,63-66,68-70,72,74-76,78-79H,4-7,9-10,12-15,18,21-23,28-40,42-43,45-49,51-52,54,56-57,59-62H2,1-3H3,(H,73,80)/b11-8-,19-16-,20-17-,26-24-,27-25-,44-41-,53-50-,58-55+. The molecule has 478 valence electrons. The number of esters is 1. The van der Waals surface area contributed by atoms with Crippen LogP contribution in [0.3, 0.4) is 0 Å². The first-order chi connectivity index (χ1) is 40.7. The number of nitrogens with one attached hydrogen (secondary N) is 1. The Morgan fingerprint density at radius 3 is 1.33 bits per heavy atom. The molecule has 6 N–H and O–H groups in total. The molecule has 0 radical (unpaired) electrons. The molecule has 0 aromatic heterocycles. The predicted molar refractivity (Wildman–Crippen MR) is 347 cm³/mol. The van der Waals surface area contributed by atoms with Crippen LogP contribution in [0.4, 0.5) is 0 Å². The monoisotopic (exact) mass is 1160 g/mol. The van der Waals surface area contributed by atoms with E-state index in [4.69, 9.17) is 14.2 Å². The second-order valence-corrected chi connectivity index (χ2v) is 23.2. The number of hydrogen-bond donors (Lipinski definition) is 6. The van der Waals surface area contributed by atoms with Crippen molar-refractivity contribution in [2.75, 3.05) is 13.2 Å². The quantitative estimate of drug-likeness (QED) is 0.0195. The zero-order valence-corrected chi connectivity index (χ0v) is 53.0. The fraction of sp³-hybridized carbons (Fsp3) is 0.750. The van der Waals surface area contributed by atoms with Gasteiger partial charge in [-0.1, -0.05) is 279 Å². The van der Waals surface area contributed by atoms with Crippen molar-refractivity contribution in [1.82, 2.24) is 5.32 Å². The highest BCUT2D eigenvalue weighted by atomic mass is 16.7. The molecule has 0 bridgehead atoms. The summed E-state index contributed by atoms with van der Waals surface area (Å²) in [5.74, 6) is -1.26. The van der Waals surface area contributed by atoms with Gasteiger partial charge in [-0.25, -0.2) is 0 Å². The summed E-state index contributed by atoms with van der Waals surface area (Å²) in [6.07, 6.45) is 69.0. The Balaban J connectivity index is 2.56. The molecule has 83 heavy (non-hydrogen) atoms. The Morgan fingerprint density at radius 1 is 0.482 bits per heavy atom. The summed E-state index contributed by atoms with van der Waals surface area (Å²) >= 11 is 0. The fourth-order valence-electron chi connectivity index (χ4n) is 10.1. The highest BCUT2D eigenvalue weighted by molar-refractivity contribution is 5.80. The number of aliphatic hydroxyl groups is 5. The van der Waals surface area contributed by atoms with E-state index in [1.807, 2.05) is 18.2 Å². The van der Waals surface area contributed by atoms with Gasteiger partial charge in [0.25, 0.3) is 0 Å². The lowest BCUT2D eigenvalue weighted by Gasteiger charge is -2.41. The summed E-state index contributed by atoms with van der Waals surface area (Å²) < 4.78 is 17.6. The van der Waals surface area contributed by atoms with Crippen LogP contribution in [0.15, 0.2) is 97.2 Å². The van der Waals surface area contributed by atoms with Gasteiger partial charge in [0, 0.05) is 6.42 Å². The van der Waals surface area contributed by atoms with Crippen LogP contribution in [-0.4, -0.2) is 99.6 Å². The summed E-state index contributed by atoms with van der Waals surface area (Å²) in [4.78, 5) is 26.6. The minimum atomic E-state index is -1.63. The summed E-state index contributed by atoms with van der Waals surface area (Å²) in [5, 5.41) is 57.0. The zero-order chi connectivity index (χ0) is 60.3. The van der Waals surface area contributed by atoms with E-state index in [1.54, 1.807) is 6.08 Å². The Labute approximate surface area is 507 Å². The first-order valence-corrected chi connectivity index (χ1v) is 34.0. The second kappa shape index (κ2) is 58.9. The molecular formula is C72H125NO10. The van der Waals surface area contributed by atoms with Crippen LogP contribution >= 0.6 is 0 Å². The largest absolute Gasteiger partial charge is 0.454 e. The summed E-state index contributed by atoms with van der Waals surface area (Å²) in [5.41, 5.74) is 0. The van der Waals surface area contributed by atoms with Gasteiger partial charge in [-0.3, -0.25) is 9.59 Å². The molecule has 1 rings (SSSR count). The van der Waals surface area contributed by atoms with E-state index in [0.717, 1.165) is 83.5 Å². The van der Waals surface area contributed by atoms with Crippen molar-refractivity contribution in [3.05, 3.63) is 97.2 Å². The van der Waals surface area contributed by atoms with Gasteiger partial charge < -0.3 is 45.1 Å². The van der Waals surface area contributed by atoms with Crippen LogP contribution in [0.5, 0.6) is 0 Å². The first kappa shape index (κ1) is 77.6. The Kier molecular flexibility index (Phi) is 55.1. The predicted octanol–water partition coefficient (Wildman–Crippen LogP) is 17.1. The lowest BCUT2D eigenvalue weighted by molar-refractivity contribution is -0.305. The second-order valence-electron chi connectivity index (χ2n) is 23.2. The molecule has 11 nitrogen and oxygen atoms in total. The average Bonchev–Trinajstić information content (AvgIpc) is 3.52. The fourth-order valence-corrected chi connectivity index (χ4v) is 10.1. The number of rotatable bonds is 57. The first-order valence-electron chi connectivity index (χ1n) is 34.0. The molecule has 8 atom stereocenters. The number of unbranched alkanes of at least 4 members (excludes halogenated alkanes) is 29.